The van der Waals surface area contributed by atoms with Gasteiger partial charge in [0.05, 0.1) is 5.02 Å². The van der Waals surface area contributed by atoms with Gasteiger partial charge in [-0.2, -0.15) is 0 Å². The second-order valence-electron chi connectivity index (χ2n) is 4.44. The summed E-state index contributed by atoms with van der Waals surface area (Å²) in [5.74, 6) is -0.163. The zero-order valence-corrected chi connectivity index (χ0v) is 14.0. The third-order valence-corrected chi connectivity index (χ3v) is 5.75. The molecule has 100 valence electrons. The van der Waals surface area contributed by atoms with E-state index in [1.165, 1.54) is 11.3 Å². The standard InChI is InChI=1S/C14H13BrClNOS/c1-7-4-10(5-8(2)11(7)15)17-14(18)13-12(16)9(3)6-19-13/h4-6H,1-3H3,(H,17,18). The van der Waals surface area contributed by atoms with E-state index in [1.807, 2.05) is 38.3 Å². The van der Waals surface area contributed by atoms with Crippen LogP contribution < -0.4 is 5.32 Å². The Morgan fingerprint density at radius 2 is 1.79 bits per heavy atom. The van der Waals surface area contributed by atoms with Crippen molar-refractivity contribution in [2.45, 2.75) is 20.8 Å². The number of thiophene rings is 1. The van der Waals surface area contributed by atoms with Gasteiger partial charge in [-0.25, -0.2) is 0 Å². The minimum absolute atomic E-state index is 0.163. The number of nitrogens with one attached hydrogen (secondary N) is 1. The van der Waals surface area contributed by atoms with Crippen molar-refractivity contribution in [1.82, 2.24) is 0 Å². The number of amides is 1. The van der Waals surface area contributed by atoms with E-state index in [-0.39, 0.29) is 5.91 Å². The van der Waals surface area contributed by atoms with Crippen molar-refractivity contribution in [1.29, 1.82) is 0 Å². The molecule has 1 amide bonds. The molecule has 1 heterocycles. The number of benzene rings is 1. The lowest BCUT2D eigenvalue weighted by Gasteiger charge is -2.09. The zero-order valence-electron chi connectivity index (χ0n) is 10.8. The quantitative estimate of drug-likeness (QED) is 0.771. The van der Waals surface area contributed by atoms with Crippen LogP contribution in [0.1, 0.15) is 26.4 Å². The van der Waals surface area contributed by atoms with E-state index in [1.54, 1.807) is 0 Å². The van der Waals surface area contributed by atoms with Gasteiger partial charge in [0.15, 0.2) is 0 Å². The highest BCUT2D eigenvalue weighted by molar-refractivity contribution is 9.10. The first-order chi connectivity index (χ1) is 8.90. The van der Waals surface area contributed by atoms with Gasteiger partial charge in [0, 0.05) is 10.2 Å². The summed E-state index contributed by atoms with van der Waals surface area (Å²) in [5, 5.41) is 5.31. The molecule has 0 bridgehead atoms. The molecule has 19 heavy (non-hydrogen) atoms. The fourth-order valence-corrected chi connectivity index (χ4v) is 3.19. The maximum Gasteiger partial charge on any atom is 0.267 e. The van der Waals surface area contributed by atoms with Crippen LogP contribution >= 0.6 is 38.9 Å². The van der Waals surface area contributed by atoms with Crippen molar-refractivity contribution < 1.29 is 4.79 Å². The Hall–Kier alpha value is -0.840. The maximum absolute atomic E-state index is 12.2. The molecule has 2 rings (SSSR count). The fourth-order valence-electron chi connectivity index (χ4n) is 1.79. The van der Waals surface area contributed by atoms with Gasteiger partial charge in [-0.1, -0.05) is 27.5 Å². The molecule has 5 heteroatoms. The van der Waals surface area contributed by atoms with Gasteiger partial charge in [-0.3, -0.25) is 4.79 Å². The van der Waals surface area contributed by atoms with Crippen LogP contribution in [0.2, 0.25) is 5.02 Å². The van der Waals surface area contributed by atoms with Crippen LogP contribution in [-0.4, -0.2) is 5.91 Å². The van der Waals surface area contributed by atoms with Crippen LogP contribution in [-0.2, 0) is 0 Å². The highest BCUT2D eigenvalue weighted by Gasteiger charge is 2.15. The van der Waals surface area contributed by atoms with E-state index < -0.39 is 0 Å². The Morgan fingerprint density at radius 1 is 1.21 bits per heavy atom. The van der Waals surface area contributed by atoms with Crippen LogP contribution in [0.5, 0.6) is 0 Å². The fraction of sp³-hybridized carbons (Fsp3) is 0.214. The number of carbonyl (C=O) groups excluding carboxylic acids is 1. The zero-order chi connectivity index (χ0) is 14.2. The van der Waals surface area contributed by atoms with Crippen molar-refractivity contribution in [3.63, 3.8) is 0 Å². The minimum atomic E-state index is -0.163. The lowest BCUT2D eigenvalue weighted by molar-refractivity contribution is 0.103. The van der Waals surface area contributed by atoms with E-state index >= 15 is 0 Å². The molecule has 0 aliphatic heterocycles. The number of halogens is 2. The molecule has 0 fully saturated rings. The first kappa shape index (κ1) is 14.6. The molecular weight excluding hydrogens is 346 g/mol. The Bertz CT molecular complexity index is 628. The second kappa shape index (κ2) is 5.65. The van der Waals surface area contributed by atoms with Crippen molar-refractivity contribution in [2.24, 2.45) is 0 Å². The summed E-state index contributed by atoms with van der Waals surface area (Å²) in [5.41, 5.74) is 3.89. The molecule has 0 atom stereocenters. The largest absolute Gasteiger partial charge is 0.321 e. The highest BCUT2D eigenvalue weighted by atomic mass is 79.9. The summed E-state index contributed by atoms with van der Waals surface area (Å²) in [7, 11) is 0. The van der Waals surface area contributed by atoms with E-state index in [0.717, 1.165) is 26.9 Å². The maximum atomic E-state index is 12.2. The number of hydrogen-bond donors (Lipinski definition) is 1. The van der Waals surface area contributed by atoms with Crippen molar-refractivity contribution in [3.05, 3.63) is 48.6 Å². The van der Waals surface area contributed by atoms with Gasteiger partial charge in [0.2, 0.25) is 0 Å². The lowest BCUT2D eigenvalue weighted by atomic mass is 10.1. The summed E-state index contributed by atoms with van der Waals surface area (Å²) in [6.45, 7) is 5.88. The molecule has 0 aliphatic rings. The summed E-state index contributed by atoms with van der Waals surface area (Å²) in [6.07, 6.45) is 0. The van der Waals surface area contributed by atoms with Crippen molar-refractivity contribution >= 4 is 50.5 Å². The SMILES string of the molecule is Cc1csc(C(=O)Nc2cc(C)c(Br)c(C)c2)c1Cl. The molecule has 0 spiro atoms. The highest BCUT2D eigenvalue weighted by Crippen LogP contribution is 2.29. The molecule has 1 aromatic carbocycles. The topological polar surface area (TPSA) is 29.1 Å². The molecule has 2 nitrogen and oxygen atoms in total. The van der Waals surface area contributed by atoms with Crippen LogP contribution in [0, 0.1) is 20.8 Å². The van der Waals surface area contributed by atoms with Gasteiger partial charge >= 0.3 is 0 Å². The Balaban J connectivity index is 2.27. The molecular formula is C14H13BrClNOS. The van der Waals surface area contributed by atoms with Crippen LogP contribution in [0.4, 0.5) is 5.69 Å². The predicted molar refractivity (Wildman–Crippen MR) is 85.6 cm³/mol. The summed E-state index contributed by atoms with van der Waals surface area (Å²) in [6, 6.07) is 3.87. The van der Waals surface area contributed by atoms with E-state index in [2.05, 4.69) is 21.2 Å². The van der Waals surface area contributed by atoms with Crippen molar-refractivity contribution in [2.75, 3.05) is 5.32 Å². The Kier molecular flexibility index (Phi) is 4.33. The van der Waals surface area contributed by atoms with E-state index in [9.17, 15) is 4.79 Å². The molecule has 0 aliphatic carbocycles. The van der Waals surface area contributed by atoms with Gasteiger partial charge < -0.3 is 5.32 Å². The Labute approximate surface area is 129 Å². The summed E-state index contributed by atoms with van der Waals surface area (Å²) < 4.78 is 1.07. The number of hydrogen-bond acceptors (Lipinski definition) is 2. The number of anilines is 1. The van der Waals surface area contributed by atoms with Gasteiger partial charge in [-0.05, 0) is 55.0 Å². The average molecular weight is 359 g/mol. The van der Waals surface area contributed by atoms with Gasteiger partial charge in [0.25, 0.3) is 5.91 Å². The molecule has 1 aromatic heterocycles. The summed E-state index contributed by atoms with van der Waals surface area (Å²) in [4.78, 5) is 12.7. The monoisotopic (exact) mass is 357 g/mol. The average Bonchev–Trinajstić information content (AvgIpc) is 2.67. The van der Waals surface area contributed by atoms with E-state index in [0.29, 0.717) is 9.90 Å². The molecule has 0 saturated heterocycles. The number of aryl methyl sites for hydroxylation is 3. The van der Waals surface area contributed by atoms with Crippen LogP contribution in [0.25, 0.3) is 0 Å². The normalized spacial score (nSPS) is 10.6. The molecule has 0 radical (unpaired) electrons. The van der Waals surface area contributed by atoms with Crippen LogP contribution in [0.3, 0.4) is 0 Å². The molecule has 2 aromatic rings. The third-order valence-electron chi connectivity index (χ3n) is 2.80. The molecule has 0 saturated carbocycles. The number of rotatable bonds is 2. The minimum Gasteiger partial charge on any atom is -0.321 e. The Morgan fingerprint density at radius 3 is 2.26 bits per heavy atom. The predicted octanol–water partition coefficient (Wildman–Crippen LogP) is 5.34. The summed E-state index contributed by atoms with van der Waals surface area (Å²) >= 11 is 11.0. The first-order valence-electron chi connectivity index (χ1n) is 5.72. The third kappa shape index (κ3) is 3.02. The van der Waals surface area contributed by atoms with Crippen molar-refractivity contribution in [3.8, 4) is 0 Å². The second-order valence-corrected chi connectivity index (χ2v) is 6.49. The number of carbonyl (C=O) groups is 1. The smallest absolute Gasteiger partial charge is 0.267 e. The van der Waals surface area contributed by atoms with Gasteiger partial charge in [0.1, 0.15) is 4.88 Å². The molecule has 1 N–H and O–H groups in total. The lowest BCUT2D eigenvalue weighted by Crippen LogP contribution is -2.11. The van der Waals surface area contributed by atoms with E-state index in [4.69, 9.17) is 11.6 Å². The molecule has 0 unspecified atom stereocenters. The first-order valence-corrected chi connectivity index (χ1v) is 7.77. The van der Waals surface area contributed by atoms with Crippen LogP contribution in [0.15, 0.2) is 22.0 Å². The van der Waals surface area contributed by atoms with Gasteiger partial charge in [-0.15, -0.1) is 11.3 Å².